The number of ether oxygens (including phenoxy) is 2. The zero-order valence-corrected chi connectivity index (χ0v) is 21.6. The Labute approximate surface area is 228 Å². The molecule has 7 nitrogen and oxygen atoms in total. The van der Waals surface area contributed by atoms with Gasteiger partial charge in [-0.2, -0.15) is 0 Å². The summed E-state index contributed by atoms with van der Waals surface area (Å²) in [4.78, 5) is 28.0. The zero-order chi connectivity index (χ0) is 26.9. The van der Waals surface area contributed by atoms with Crippen molar-refractivity contribution in [3.63, 3.8) is 0 Å². The minimum Gasteiger partial charge on any atom is -0.487 e. The standard InChI is InChI=1S/C32H31N3O4/c36-31(22-35-17-19-38-20-18-35)34-29-21-27(13-16-30(29)39-23-24-7-3-1-4-8-24)32(37)33-28-14-11-26(12-15-28)25-9-5-2-6-10-25/h1-16,21H,17-20,22-23H2,(H,33,37)(H,34,36). The molecule has 0 aliphatic carbocycles. The summed E-state index contributed by atoms with van der Waals surface area (Å²) >= 11 is 0. The van der Waals surface area contributed by atoms with Gasteiger partial charge in [0.15, 0.2) is 0 Å². The van der Waals surface area contributed by atoms with Crippen LogP contribution in [0.5, 0.6) is 5.75 Å². The highest BCUT2D eigenvalue weighted by Gasteiger charge is 2.17. The van der Waals surface area contributed by atoms with E-state index in [1.807, 2.05) is 89.8 Å². The maximum absolute atomic E-state index is 13.1. The lowest BCUT2D eigenvalue weighted by Gasteiger charge is -2.26. The average Bonchev–Trinajstić information content (AvgIpc) is 2.98. The SMILES string of the molecule is O=C(CN1CCOCC1)Nc1cc(C(=O)Nc2ccc(-c3ccccc3)cc2)ccc1OCc1ccccc1. The van der Waals surface area contributed by atoms with E-state index in [0.717, 1.165) is 16.7 Å². The monoisotopic (exact) mass is 521 g/mol. The van der Waals surface area contributed by atoms with E-state index in [1.165, 1.54) is 0 Å². The van der Waals surface area contributed by atoms with Crippen molar-refractivity contribution in [1.82, 2.24) is 4.90 Å². The van der Waals surface area contributed by atoms with Crippen LogP contribution >= 0.6 is 0 Å². The van der Waals surface area contributed by atoms with Crippen molar-refractivity contribution in [3.8, 4) is 16.9 Å². The quantitative estimate of drug-likeness (QED) is 0.306. The van der Waals surface area contributed by atoms with Crippen LogP contribution in [0.1, 0.15) is 15.9 Å². The topological polar surface area (TPSA) is 79.9 Å². The van der Waals surface area contributed by atoms with Crippen molar-refractivity contribution in [3.05, 3.63) is 114 Å². The first kappa shape index (κ1) is 26.2. The average molecular weight is 522 g/mol. The van der Waals surface area contributed by atoms with E-state index >= 15 is 0 Å². The van der Waals surface area contributed by atoms with Crippen LogP contribution in [0.25, 0.3) is 11.1 Å². The van der Waals surface area contributed by atoms with Crippen molar-refractivity contribution in [2.24, 2.45) is 0 Å². The number of amides is 2. The summed E-state index contributed by atoms with van der Waals surface area (Å²) in [6.07, 6.45) is 0. The van der Waals surface area contributed by atoms with Crippen LogP contribution in [0.15, 0.2) is 103 Å². The number of benzene rings is 4. The number of hydrogen-bond acceptors (Lipinski definition) is 5. The maximum atomic E-state index is 13.1. The van der Waals surface area contributed by atoms with Gasteiger partial charge in [-0.3, -0.25) is 14.5 Å². The number of hydrogen-bond donors (Lipinski definition) is 2. The molecule has 0 unspecified atom stereocenters. The zero-order valence-electron chi connectivity index (χ0n) is 21.6. The molecule has 7 heteroatoms. The number of rotatable bonds is 9. The Morgan fingerprint density at radius 2 is 1.44 bits per heavy atom. The number of nitrogens with one attached hydrogen (secondary N) is 2. The van der Waals surface area contributed by atoms with E-state index < -0.39 is 0 Å². The van der Waals surface area contributed by atoms with Gasteiger partial charge in [-0.1, -0.05) is 72.8 Å². The van der Waals surface area contributed by atoms with Crippen LogP contribution in [-0.4, -0.2) is 49.6 Å². The molecule has 198 valence electrons. The lowest BCUT2D eigenvalue weighted by molar-refractivity contribution is -0.118. The number of carbonyl (C=O) groups excluding carboxylic acids is 2. The first-order chi connectivity index (χ1) is 19.1. The molecule has 1 aliphatic heterocycles. The molecule has 2 amide bonds. The summed E-state index contributed by atoms with van der Waals surface area (Å²) in [5.41, 5.74) is 4.73. The molecule has 39 heavy (non-hydrogen) atoms. The molecule has 0 radical (unpaired) electrons. The third kappa shape index (κ3) is 7.31. The predicted octanol–water partition coefficient (Wildman–Crippen LogP) is 5.46. The highest BCUT2D eigenvalue weighted by molar-refractivity contribution is 6.06. The molecule has 0 bridgehead atoms. The molecule has 1 aliphatic rings. The molecule has 1 saturated heterocycles. The Kier molecular flexibility index (Phi) is 8.63. The number of morpholine rings is 1. The fraction of sp³-hybridized carbons (Fsp3) is 0.188. The number of anilines is 2. The molecular formula is C32H31N3O4. The first-order valence-corrected chi connectivity index (χ1v) is 13.0. The smallest absolute Gasteiger partial charge is 0.255 e. The van der Waals surface area contributed by atoms with Crippen LogP contribution in [0.2, 0.25) is 0 Å². The Hall–Kier alpha value is -4.46. The van der Waals surface area contributed by atoms with Crippen LogP contribution in [-0.2, 0) is 16.1 Å². The number of carbonyl (C=O) groups is 2. The summed E-state index contributed by atoms with van der Waals surface area (Å²) in [6.45, 7) is 3.21. The van der Waals surface area contributed by atoms with Gasteiger partial charge in [0.1, 0.15) is 12.4 Å². The summed E-state index contributed by atoms with van der Waals surface area (Å²) in [5, 5.41) is 5.90. The summed E-state index contributed by atoms with van der Waals surface area (Å²) in [6, 6.07) is 32.6. The van der Waals surface area contributed by atoms with E-state index in [1.54, 1.807) is 18.2 Å². The van der Waals surface area contributed by atoms with Gasteiger partial charge in [-0.05, 0) is 47.0 Å². The largest absolute Gasteiger partial charge is 0.487 e. The van der Waals surface area contributed by atoms with E-state index in [4.69, 9.17) is 9.47 Å². The van der Waals surface area contributed by atoms with Crippen molar-refractivity contribution in [2.45, 2.75) is 6.61 Å². The summed E-state index contributed by atoms with van der Waals surface area (Å²) in [7, 11) is 0. The van der Waals surface area contributed by atoms with E-state index in [-0.39, 0.29) is 18.4 Å². The minimum absolute atomic E-state index is 0.171. The minimum atomic E-state index is -0.277. The van der Waals surface area contributed by atoms with E-state index in [0.29, 0.717) is 55.6 Å². The van der Waals surface area contributed by atoms with Crippen LogP contribution in [0.4, 0.5) is 11.4 Å². The molecular weight excluding hydrogens is 490 g/mol. The Morgan fingerprint density at radius 3 is 2.15 bits per heavy atom. The fourth-order valence-electron chi connectivity index (χ4n) is 4.36. The van der Waals surface area contributed by atoms with Gasteiger partial charge in [0.2, 0.25) is 5.91 Å². The molecule has 0 saturated carbocycles. The predicted molar refractivity (Wildman–Crippen MR) is 153 cm³/mol. The van der Waals surface area contributed by atoms with Crippen LogP contribution in [0, 0.1) is 0 Å². The third-order valence-electron chi connectivity index (χ3n) is 6.47. The Bertz CT molecular complexity index is 1390. The van der Waals surface area contributed by atoms with Crippen LogP contribution < -0.4 is 15.4 Å². The molecule has 4 aromatic carbocycles. The van der Waals surface area contributed by atoms with E-state index in [9.17, 15) is 9.59 Å². The molecule has 1 fully saturated rings. The van der Waals surface area contributed by atoms with E-state index in [2.05, 4.69) is 10.6 Å². The first-order valence-electron chi connectivity index (χ1n) is 13.0. The molecule has 2 N–H and O–H groups in total. The molecule has 1 heterocycles. The second kappa shape index (κ2) is 12.9. The second-order valence-electron chi connectivity index (χ2n) is 9.32. The summed E-state index contributed by atoms with van der Waals surface area (Å²) < 4.78 is 11.4. The lowest BCUT2D eigenvalue weighted by Crippen LogP contribution is -2.41. The number of nitrogens with zero attached hydrogens (tertiary/aromatic N) is 1. The normalized spacial score (nSPS) is 13.4. The van der Waals surface area contributed by atoms with Gasteiger partial charge in [0, 0.05) is 24.3 Å². The highest BCUT2D eigenvalue weighted by Crippen LogP contribution is 2.28. The fourth-order valence-corrected chi connectivity index (χ4v) is 4.36. The lowest BCUT2D eigenvalue weighted by atomic mass is 10.1. The van der Waals surface area contributed by atoms with Crippen LogP contribution in [0.3, 0.4) is 0 Å². The van der Waals surface area contributed by atoms with Gasteiger partial charge in [-0.15, -0.1) is 0 Å². The van der Waals surface area contributed by atoms with Gasteiger partial charge < -0.3 is 20.1 Å². The third-order valence-corrected chi connectivity index (χ3v) is 6.47. The van der Waals surface area contributed by atoms with Crippen molar-refractivity contribution < 1.29 is 19.1 Å². The second-order valence-corrected chi connectivity index (χ2v) is 9.32. The Morgan fingerprint density at radius 1 is 0.769 bits per heavy atom. The van der Waals surface area contributed by atoms with Crippen molar-refractivity contribution in [2.75, 3.05) is 43.5 Å². The van der Waals surface area contributed by atoms with Gasteiger partial charge in [-0.25, -0.2) is 0 Å². The Balaban J connectivity index is 1.30. The summed E-state index contributed by atoms with van der Waals surface area (Å²) in [5.74, 6) is 0.0502. The maximum Gasteiger partial charge on any atom is 0.255 e. The van der Waals surface area contributed by atoms with Gasteiger partial charge in [0.05, 0.1) is 25.4 Å². The molecule has 5 rings (SSSR count). The van der Waals surface area contributed by atoms with Gasteiger partial charge in [0.25, 0.3) is 5.91 Å². The molecule has 4 aromatic rings. The van der Waals surface area contributed by atoms with Gasteiger partial charge >= 0.3 is 0 Å². The molecule has 0 spiro atoms. The van der Waals surface area contributed by atoms with Crippen molar-refractivity contribution >= 4 is 23.2 Å². The van der Waals surface area contributed by atoms with Crippen molar-refractivity contribution in [1.29, 1.82) is 0 Å². The molecule has 0 atom stereocenters. The molecule has 0 aromatic heterocycles. The highest BCUT2D eigenvalue weighted by atomic mass is 16.5.